The number of carbonyl (C=O) groups excluding carboxylic acids is 2. The number of hydrogen-bond acceptors (Lipinski definition) is 7. The number of nitrogens with one attached hydrogen (secondary N) is 1. The Morgan fingerprint density at radius 3 is 2.56 bits per heavy atom. The molecule has 2 amide bonds. The van der Waals surface area contributed by atoms with Crippen molar-refractivity contribution in [2.75, 3.05) is 25.6 Å². The van der Waals surface area contributed by atoms with Crippen molar-refractivity contribution in [2.45, 2.75) is 18.9 Å². The van der Waals surface area contributed by atoms with Crippen LogP contribution in [-0.4, -0.2) is 47.2 Å². The Balaban J connectivity index is 1.37. The van der Waals surface area contributed by atoms with Gasteiger partial charge in [0.15, 0.2) is 6.61 Å². The summed E-state index contributed by atoms with van der Waals surface area (Å²) in [6, 6.07) is 12.2. The molecule has 1 saturated heterocycles. The molecule has 1 aromatic heterocycles. The molecule has 4 rings (SSSR count). The first kappa shape index (κ1) is 21.7. The molecule has 1 aliphatic rings. The van der Waals surface area contributed by atoms with Crippen LogP contribution in [-0.2, 0) is 4.79 Å². The second-order valence-electron chi connectivity index (χ2n) is 7.12. The summed E-state index contributed by atoms with van der Waals surface area (Å²) in [5, 5.41) is 11.6. The third-order valence-corrected chi connectivity index (χ3v) is 6.04. The molecular weight excluding hydrogens is 435 g/mol. The van der Waals surface area contributed by atoms with Crippen LogP contribution in [0.4, 0.5) is 10.1 Å². The van der Waals surface area contributed by atoms with Gasteiger partial charge in [-0.3, -0.25) is 9.59 Å². The standard InChI is InChI=1S/C22H21FN4O4S/c1-30-16-8-10-17(11-9-16)31-13-19(28)27-12-2-3-18(27)21-25-26-22(32-21)20(29)24-15-6-4-14(23)5-7-15/h4-11,18H,2-3,12-13H2,1H3,(H,24,29). The van der Waals surface area contributed by atoms with Crippen molar-refractivity contribution >= 4 is 28.8 Å². The van der Waals surface area contributed by atoms with E-state index in [1.165, 1.54) is 24.3 Å². The van der Waals surface area contributed by atoms with Gasteiger partial charge in [0.05, 0.1) is 13.2 Å². The molecule has 2 aromatic carbocycles. The summed E-state index contributed by atoms with van der Waals surface area (Å²) in [6.07, 6.45) is 1.57. The van der Waals surface area contributed by atoms with E-state index in [-0.39, 0.29) is 29.4 Å². The van der Waals surface area contributed by atoms with E-state index in [4.69, 9.17) is 9.47 Å². The average molecular weight is 456 g/mol. The zero-order valence-electron chi connectivity index (χ0n) is 17.3. The number of hydrogen-bond donors (Lipinski definition) is 1. The van der Waals surface area contributed by atoms with Crippen molar-refractivity contribution in [3.05, 3.63) is 64.4 Å². The van der Waals surface area contributed by atoms with Gasteiger partial charge in [-0.1, -0.05) is 11.3 Å². The zero-order valence-corrected chi connectivity index (χ0v) is 18.1. The van der Waals surface area contributed by atoms with Gasteiger partial charge in [-0.15, -0.1) is 10.2 Å². The maximum absolute atomic E-state index is 13.0. The molecule has 0 spiro atoms. The van der Waals surface area contributed by atoms with Crippen molar-refractivity contribution in [3.8, 4) is 11.5 Å². The molecule has 1 fully saturated rings. The van der Waals surface area contributed by atoms with Crippen LogP contribution >= 0.6 is 11.3 Å². The molecule has 10 heteroatoms. The lowest BCUT2D eigenvalue weighted by molar-refractivity contribution is -0.134. The van der Waals surface area contributed by atoms with Crippen molar-refractivity contribution in [1.29, 1.82) is 0 Å². The Morgan fingerprint density at radius 2 is 1.84 bits per heavy atom. The van der Waals surface area contributed by atoms with Gasteiger partial charge >= 0.3 is 0 Å². The first-order valence-electron chi connectivity index (χ1n) is 10.00. The fourth-order valence-electron chi connectivity index (χ4n) is 3.40. The molecule has 0 bridgehead atoms. The first-order valence-corrected chi connectivity index (χ1v) is 10.8. The molecule has 32 heavy (non-hydrogen) atoms. The molecule has 8 nitrogen and oxygen atoms in total. The predicted molar refractivity (Wildman–Crippen MR) is 116 cm³/mol. The molecule has 1 aliphatic heterocycles. The van der Waals surface area contributed by atoms with Gasteiger partial charge < -0.3 is 19.7 Å². The normalized spacial score (nSPS) is 15.4. The fourth-order valence-corrected chi connectivity index (χ4v) is 4.29. The minimum atomic E-state index is -0.431. The first-order chi connectivity index (χ1) is 15.5. The molecule has 0 saturated carbocycles. The van der Waals surface area contributed by atoms with Gasteiger partial charge in [-0.05, 0) is 61.4 Å². The molecule has 1 atom stereocenters. The topological polar surface area (TPSA) is 93.7 Å². The summed E-state index contributed by atoms with van der Waals surface area (Å²) in [7, 11) is 1.58. The van der Waals surface area contributed by atoms with Gasteiger partial charge in [-0.2, -0.15) is 0 Å². The monoisotopic (exact) mass is 456 g/mol. The minimum absolute atomic E-state index is 0.0977. The van der Waals surface area contributed by atoms with Gasteiger partial charge in [0.2, 0.25) is 5.01 Å². The smallest absolute Gasteiger partial charge is 0.286 e. The van der Waals surface area contributed by atoms with Gasteiger partial charge in [0, 0.05) is 12.2 Å². The molecule has 166 valence electrons. The zero-order chi connectivity index (χ0) is 22.5. The van der Waals surface area contributed by atoms with Crippen LogP contribution in [0.1, 0.15) is 33.7 Å². The van der Waals surface area contributed by atoms with Crippen LogP contribution in [0.2, 0.25) is 0 Å². The van der Waals surface area contributed by atoms with Crippen molar-refractivity contribution < 1.29 is 23.5 Å². The Hall–Kier alpha value is -3.53. The lowest BCUT2D eigenvalue weighted by Crippen LogP contribution is -2.34. The largest absolute Gasteiger partial charge is 0.497 e. The molecular formula is C22H21FN4O4S. The highest BCUT2D eigenvalue weighted by molar-refractivity contribution is 7.13. The highest BCUT2D eigenvalue weighted by Gasteiger charge is 2.33. The molecule has 1 unspecified atom stereocenters. The number of amides is 2. The SMILES string of the molecule is COc1ccc(OCC(=O)N2CCCC2c2nnc(C(=O)Nc3ccc(F)cc3)s2)cc1. The third-order valence-electron chi connectivity index (χ3n) is 5.02. The molecule has 0 radical (unpaired) electrons. The van der Waals surface area contributed by atoms with Crippen LogP contribution in [0.15, 0.2) is 48.5 Å². The lowest BCUT2D eigenvalue weighted by atomic mass is 10.2. The molecule has 1 N–H and O–H groups in total. The number of rotatable bonds is 7. The number of carbonyl (C=O) groups is 2. The Bertz CT molecular complexity index is 1090. The number of aromatic nitrogens is 2. The van der Waals surface area contributed by atoms with Gasteiger partial charge in [0.25, 0.3) is 11.8 Å². The third kappa shape index (κ3) is 5.02. The number of nitrogens with zero attached hydrogens (tertiary/aromatic N) is 3. The van der Waals surface area contributed by atoms with Crippen LogP contribution in [0.5, 0.6) is 11.5 Å². The van der Waals surface area contributed by atoms with Gasteiger partial charge in [0.1, 0.15) is 22.3 Å². The predicted octanol–water partition coefficient (Wildman–Crippen LogP) is 3.68. The number of benzene rings is 2. The van der Waals surface area contributed by atoms with E-state index in [9.17, 15) is 14.0 Å². The van der Waals surface area contributed by atoms with E-state index in [1.54, 1.807) is 36.3 Å². The number of likely N-dealkylation sites (tertiary alicyclic amines) is 1. The van der Waals surface area contributed by atoms with E-state index in [0.717, 1.165) is 24.2 Å². The maximum atomic E-state index is 13.0. The summed E-state index contributed by atoms with van der Waals surface area (Å²) in [4.78, 5) is 26.9. The highest BCUT2D eigenvalue weighted by Crippen LogP contribution is 2.34. The number of ether oxygens (including phenoxy) is 2. The second-order valence-corrected chi connectivity index (χ2v) is 8.12. The Labute approximate surface area is 188 Å². The van der Waals surface area contributed by atoms with Crippen molar-refractivity contribution in [1.82, 2.24) is 15.1 Å². The Morgan fingerprint density at radius 1 is 1.12 bits per heavy atom. The quantitative estimate of drug-likeness (QED) is 0.583. The summed E-state index contributed by atoms with van der Waals surface area (Å²) < 4.78 is 23.7. The highest BCUT2D eigenvalue weighted by atomic mass is 32.1. The summed E-state index contributed by atoms with van der Waals surface area (Å²) >= 11 is 1.14. The van der Waals surface area contributed by atoms with E-state index < -0.39 is 5.91 Å². The Kier molecular flexibility index (Phi) is 6.60. The van der Waals surface area contributed by atoms with Gasteiger partial charge in [-0.25, -0.2) is 4.39 Å². The number of halogens is 1. The van der Waals surface area contributed by atoms with Crippen LogP contribution in [0.3, 0.4) is 0 Å². The number of anilines is 1. The van der Waals surface area contributed by atoms with Crippen molar-refractivity contribution in [2.24, 2.45) is 0 Å². The molecule has 2 heterocycles. The maximum Gasteiger partial charge on any atom is 0.286 e. The molecule has 0 aliphatic carbocycles. The van der Waals surface area contributed by atoms with Crippen molar-refractivity contribution in [3.63, 3.8) is 0 Å². The minimum Gasteiger partial charge on any atom is -0.497 e. The van der Waals surface area contributed by atoms with Crippen LogP contribution in [0, 0.1) is 5.82 Å². The second kappa shape index (κ2) is 9.73. The fraction of sp³-hybridized carbons (Fsp3) is 0.273. The summed E-state index contributed by atoms with van der Waals surface area (Å²) in [5.74, 6) is 0.308. The van der Waals surface area contributed by atoms with Crippen LogP contribution in [0.25, 0.3) is 0 Å². The van der Waals surface area contributed by atoms with E-state index >= 15 is 0 Å². The number of methoxy groups -OCH3 is 1. The van der Waals surface area contributed by atoms with Crippen LogP contribution < -0.4 is 14.8 Å². The molecule has 3 aromatic rings. The average Bonchev–Trinajstić information content (AvgIpc) is 3.49. The van der Waals surface area contributed by atoms with E-state index in [1.807, 2.05) is 0 Å². The lowest BCUT2D eigenvalue weighted by Gasteiger charge is -2.22. The van der Waals surface area contributed by atoms with E-state index in [2.05, 4.69) is 15.5 Å². The summed E-state index contributed by atoms with van der Waals surface area (Å²) in [5.41, 5.74) is 0.460. The van der Waals surface area contributed by atoms with E-state index in [0.29, 0.717) is 28.7 Å². The summed E-state index contributed by atoms with van der Waals surface area (Å²) in [6.45, 7) is 0.492.